The van der Waals surface area contributed by atoms with Gasteiger partial charge in [-0.3, -0.25) is 10.1 Å². The molecule has 3 rings (SSSR count). The van der Waals surface area contributed by atoms with Gasteiger partial charge in [0.25, 0.3) is 0 Å². The van der Waals surface area contributed by atoms with E-state index in [0.717, 1.165) is 12.8 Å². The number of aromatic nitrogens is 1. The van der Waals surface area contributed by atoms with Crippen LogP contribution in [0.5, 0.6) is 0 Å². The number of hydrogen-bond donors (Lipinski definition) is 2. The number of urea groups is 1. The molecule has 10 heteroatoms. The molecule has 9 nitrogen and oxygen atoms in total. The fraction of sp³-hybridized carbons (Fsp3) is 0.562. The molecule has 2 amide bonds. The van der Waals surface area contributed by atoms with Gasteiger partial charge in [-0.2, -0.15) is 4.31 Å². The molecular weight excluding hydrogens is 360 g/mol. The number of anilines is 1. The van der Waals surface area contributed by atoms with Crippen LogP contribution in [0.25, 0.3) is 0 Å². The number of amides is 2. The predicted molar refractivity (Wildman–Crippen MR) is 93.2 cm³/mol. The van der Waals surface area contributed by atoms with Crippen molar-refractivity contribution in [3.63, 3.8) is 0 Å². The average Bonchev–Trinajstić information content (AvgIpc) is 3.17. The first kappa shape index (κ1) is 18.6. The highest BCUT2D eigenvalue weighted by molar-refractivity contribution is 7.89. The number of nitrogens with one attached hydrogen (secondary N) is 1. The van der Waals surface area contributed by atoms with Crippen molar-refractivity contribution in [2.24, 2.45) is 5.92 Å². The first-order chi connectivity index (χ1) is 12.4. The molecule has 1 atom stereocenters. The highest BCUT2D eigenvalue weighted by Gasteiger charge is 2.29. The molecule has 2 aliphatic rings. The number of pyridine rings is 1. The Morgan fingerprint density at radius 1 is 1.19 bits per heavy atom. The number of carbonyl (C=O) groups excluding carboxylic acids is 1. The van der Waals surface area contributed by atoms with Gasteiger partial charge in [-0.15, -0.1) is 0 Å². The normalized spacial score (nSPS) is 21.5. The summed E-state index contributed by atoms with van der Waals surface area (Å²) < 4.78 is 26.6. The minimum absolute atomic E-state index is 0.0896. The van der Waals surface area contributed by atoms with Gasteiger partial charge in [-0.1, -0.05) is 0 Å². The van der Waals surface area contributed by atoms with Crippen LogP contribution < -0.4 is 5.32 Å². The van der Waals surface area contributed by atoms with E-state index in [-0.39, 0.29) is 17.3 Å². The number of likely N-dealkylation sites (tertiary alicyclic amines) is 1. The Bertz CT molecular complexity index is 792. The van der Waals surface area contributed by atoms with Crippen molar-refractivity contribution in [3.05, 3.63) is 18.3 Å². The maximum atomic E-state index is 12.6. The third-order valence-corrected chi connectivity index (χ3v) is 6.62. The van der Waals surface area contributed by atoms with Gasteiger partial charge in [-0.25, -0.2) is 18.2 Å². The molecule has 1 unspecified atom stereocenters. The van der Waals surface area contributed by atoms with E-state index in [2.05, 4.69) is 10.3 Å². The molecule has 3 heterocycles. The lowest BCUT2D eigenvalue weighted by Gasteiger charge is -2.30. The Hall–Kier alpha value is -2.20. The number of aliphatic carboxylic acids is 1. The van der Waals surface area contributed by atoms with Crippen molar-refractivity contribution in [1.29, 1.82) is 0 Å². The minimum Gasteiger partial charge on any atom is -0.481 e. The zero-order chi connectivity index (χ0) is 18.7. The number of rotatable bonds is 4. The van der Waals surface area contributed by atoms with Crippen LogP contribution in [-0.4, -0.2) is 65.9 Å². The second-order valence-electron chi connectivity index (χ2n) is 6.54. The number of piperidine rings is 1. The van der Waals surface area contributed by atoms with E-state index in [0.29, 0.717) is 32.5 Å². The van der Waals surface area contributed by atoms with Gasteiger partial charge in [0.15, 0.2) is 0 Å². The zero-order valence-electron chi connectivity index (χ0n) is 14.3. The SMILES string of the molecule is O=C(O)C1CCCN(C(=O)Nc2cc(S(=O)(=O)N3CCCC3)ccn2)C1. The van der Waals surface area contributed by atoms with Crippen LogP contribution in [0.2, 0.25) is 0 Å². The molecule has 2 aliphatic heterocycles. The number of carboxylic acids is 1. The number of nitrogens with zero attached hydrogens (tertiary/aromatic N) is 3. The largest absolute Gasteiger partial charge is 0.481 e. The van der Waals surface area contributed by atoms with Gasteiger partial charge in [-0.05, 0) is 31.7 Å². The lowest BCUT2D eigenvalue weighted by Crippen LogP contribution is -2.44. The third-order valence-electron chi connectivity index (χ3n) is 4.73. The second kappa shape index (κ2) is 7.58. The summed E-state index contributed by atoms with van der Waals surface area (Å²) in [7, 11) is -3.59. The van der Waals surface area contributed by atoms with Gasteiger partial charge >= 0.3 is 12.0 Å². The molecule has 26 heavy (non-hydrogen) atoms. The lowest BCUT2D eigenvalue weighted by atomic mass is 9.99. The van der Waals surface area contributed by atoms with Crippen LogP contribution in [-0.2, 0) is 14.8 Å². The summed E-state index contributed by atoms with van der Waals surface area (Å²) in [6.07, 6.45) is 4.18. The molecule has 2 saturated heterocycles. The molecule has 0 radical (unpaired) electrons. The van der Waals surface area contributed by atoms with Crippen molar-refractivity contribution >= 4 is 27.8 Å². The summed E-state index contributed by atoms with van der Waals surface area (Å²) >= 11 is 0. The van der Waals surface area contributed by atoms with Crippen LogP contribution in [0.1, 0.15) is 25.7 Å². The van der Waals surface area contributed by atoms with Crippen LogP contribution in [0, 0.1) is 5.92 Å². The Balaban J connectivity index is 1.70. The molecule has 0 bridgehead atoms. The van der Waals surface area contributed by atoms with Crippen molar-refractivity contribution in [2.45, 2.75) is 30.6 Å². The average molecular weight is 382 g/mol. The van der Waals surface area contributed by atoms with E-state index >= 15 is 0 Å². The fourth-order valence-corrected chi connectivity index (χ4v) is 4.80. The lowest BCUT2D eigenvalue weighted by molar-refractivity contribution is -0.143. The van der Waals surface area contributed by atoms with Crippen LogP contribution >= 0.6 is 0 Å². The minimum atomic E-state index is -3.59. The highest BCUT2D eigenvalue weighted by atomic mass is 32.2. The molecule has 0 spiro atoms. The molecule has 0 aromatic carbocycles. The van der Waals surface area contributed by atoms with Crippen molar-refractivity contribution < 1.29 is 23.1 Å². The molecule has 1 aromatic heterocycles. The van der Waals surface area contributed by atoms with E-state index in [4.69, 9.17) is 5.11 Å². The summed E-state index contributed by atoms with van der Waals surface area (Å²) in [4.78, 5) is 29.0. The van der Waals surface area contributed by atoms with Gasteiger partial charge in [0.1, 0.15) is 5.82 Å². The first-order valence-corrected chi connectivity index (χ1v) is 10.1. The molecule has 0 saturated carbocycles. The summed E-state index contributed by atoms with van der Waals surface area (Å²) in [6.45, 7) is 1.59. The van der Waals surface area contributed by atoms with Crippen LogP contribution in [0.4, 0.5) is 10.6 Å². The predicted octanol–water partition coefficient (Wildman–Crippen LogP) is 1.19. The van der Waals surface area contributed by atoms with Gasteiger partial charge in [0.2, 0.25) is 10.0 Å². The molecule has 142 valence electrons. The van der Waals surface area contributed by atoms with Gasteiger partial charge in [0.05, 0.1) is 10.8 Å². The summed E-state index contributed by atoms with van der Waals surface area (Å²) in [5.74, 6) is -1.36. The third kappa shape index (κ3) is 3.96. The molecule has 0 aliphatic carbocycles. The monoisotopic (exact) mass is 382 g/mol. The standard InChI is InChI=1S/C16H22N4O5S/c21-15(22)12-4-3-7-19(11-12)16(23)18-14-10-13(5-6-17-14)26(24,25)20-8-1-2-9-20/h5-6,10,12H,1-4,7-9,11H2,(H,21,22)(H,17,18,23). The quantitative estimate of drug-likeness (QED) is 0.807. The Morgan fingerprint density at radius 2 is 1.92 bits per heavy atom. The smallest absolute Gasteiger partial charge is 0.323 e. The number of sulfonamides is 1. The van der Waals surface area contributed by atoms with Crippen LogP contribution in [0.3, 0.4) is 0 Å². The molecule has 1 aromatic rings. The number of hydrogen-bond acceptors (Lipinski definition) is 5. The van der Waals surface area contributed by atoms with E-state index in [9.17, 15) is 18.0 Å². The molecule has 2 fully saturated rings. The summed E-state index contributed by atoms with van der Waals surface area (Å²) in [6, 6.07) is 2.27. The molecule has 2 N–H and O–H groups in total. The first-order valence-electron chi connectivity index (χ1n) is 8.63. The second-order valence-corrected chi connectivity index (χ2v) is 8.48. The topological polar surface area (TPSA) is 120 Å². The van der Waals surface area contributed by atoms with Gasteiger partial charge < -0.3 is 10.0 Å². The summed E-state index contributed by atoms with van der Waals surface area (Å²) in [5.41, 5.74) is 0. The van der Waals surface area contributed by atoms with Crippen LogP contribution in [0.15, 0.2) is 23.2 Å². The van der Waals surface area contributed by atoms with Crippen molar-refractivity contribution in [1.82, 2.24) is 14.2 Å². The van der Waals surface area contributed by atoms with Crippen molar-refractivity contribution in [3.8, 4) is 0 Å². The Labute approximate surface area is 152 Å². The number of carbonyl (C=O) groups is 2. The van der Waals surface area contributed by atoms with E-state index < -0.39 is 27.9 Å². The maximum absolute atomic E-state index is 12.6. The highest BCUT2D eigenvalue weighted by Crippen LogP contribution is 2.23. The Kier molecular flexibility index (Phi) is 5.42. The zero-order valence-corrected chi connectivity index (χ0v) is 15.1. The molecular formula is C16H22N4O5S. The fourth-order valence-electron chi connectivity index (χ4n) is 3.27. The Morgan fingerprint density at radius 3 is 2.62 bits per heavy atom. The maximum Gasteiger partial charge on any atom is 0.323 e. The van der Waals surface area contributed by atoms with Crippen molar-refractivity contribution in [2.75, 3.05) is 31.5 Å². The summed E-state index contributed by atoms with van der Waals surface area (Å²) in [5, 5.41) is 11.7. The van der Waals surface area contributed by atoms with Gasteiger partial charge in [0, 0.05) is 38.4 Å². The number of carboxylic acid groups (broad SMARTS) is 1. The van der Waals surface area contributed by atoms with E-state index in [1.54, 1.807) is 0 Å². The van der Waals surface area contributed by atoms with E-state index in [1.165, 1.54) is 27.5 Å². The van der Waals surface area contributed by atoms with E-state index in [1.807, 2.05) is 0 Å².